The zero-order chi connectivity index (χ0) is 12.3. The number of urea groups is 1. The van der Waals surface area contributed by atoms with E-state index in [-0.39, 0.29) is 6.03 Å². The monoisotopic (exact) mass is 239 g/mol. The van der Waals surface area contributed by atoms with E-state index in [9.17, 15) is 4.79 Å². The van der Waals surface area contributed by atoms with Crippen molar-refractivity contribution in [3.8, 4) is 0 Å². The highest BCUT2D eigenvalue weighted by Gasteiger charge is 2.29. The van der Waals surface area contributed by atoms with Gasteiger partial charge in [-0.25, -0.2) is 4.79 Å². The number of nitrogens with two attached hydrogens (primary N) is 1. The summed E-state index contributed by atoms with van der Waals surface area (Å²) in [4.78, 5) is 14.1. The fourth-order valence-corrected chi connectivity index (χ4v) is 3.13. The van der Waals surface area contributed by atoms with Gasteiger partial charge in [0.05, 0.1) is 0 Å². The summed E-state index contributed by atoms with van der Waals surface area (Å²) in [6, 6.07) is 0.437. The Hall–Kier alpha value is -0.770. The minimum atomic E-state index is 0.127. The number of likely N-dealkylation sites (tertiary alicyclic amines) is 1. The molecule has 3 N–H and O–H groups in total. The molecule has 1 saturated heterocycles. The lowest BCUT2D eigenvalue weighted by atomic mass is 10.0. The number of hydrogen-bond donors (Lipinski definition) is 2. The molecular weight excluding hydrogens is 214 g/mol. The van der Waals surface area contributed by atoms with E-state index >= 15 is 0 Å². The molecule has 0 radical (unpaired) electrons. The lowest BCUT2D eigenvalue weighted by molar-refractivity contribution is 0.164. The molecule has 2 aliphatic rings. The van der Waals surface area contributed by atoms with E-state index in [2.05, 4.69) is 12.2 Å². The highest BCUT2D eigenvalue weighted by Crippen LogP contribution is 2.25. The van der Waals surface area contributed by atoms with E-state index in [0.717, 1.165) is 32.4 Å². The van der Waals surface area contributed by atoms with E-state index in [1.807, 2.05) is 4.90 Å². The lowest BCUT2D eigenvalue weighted by Gasteiger charge is -2.32. The second-order valence-corrected chi connectivity index (χ2v) is 5.68. The third-order valence-electron chi connectivity index (χ3n) is 4.21. The first kappa shape index (κ1) is 12.7. The smallest absolute Gasteiger partial charge is 0.317 e. The number of hydrogen-bond acceptors (Lipinski definition) is 2. The minimum absolute atomic E-state index is 0.127. The predicted molar refractivity (Wildman–Crippen MR) is 68.7 cm³/mol. The van der Waals surface area contributed by atoms with Crippen LogP contribution in [0.4, 0.5) is 4.79 Å². The lowest BCUT2D eigenvalue weighted by Crippen LogP contribution is -2.49. The molecule has 4 heteroatoms. The van der Waals surface area contributed by atoms with Crippen LogP contribution in [0.25, 0.3) is 0 Å². The molecule has 1 aliphatic carbocycles. The third kappa shape index (κ3) is 3.12. The summed E-state index contributed by atoms with van der Waals surface area (Å²) in [7, 11) is 0. The van der Waals surface area contributed by atoms with Crippen LogP contribution in [0.1, 0.15) is 39.0 Å². The molecule has 1 saturated carbocycles. The summed E-state index contributed by atoms with van der Waals surface area (Å²) < 4.78 is 0. The summed E-state index contributed by atoms with van der Waals surface area (Å²) in [6.07, 6.45) is 5.84. The van der Waals surface area contributed by atoms with Gasteiger partial charge in [0.25, 0.3) is 0 Å². The fraction of sp³-hybridized carbons (Fsp3) is 0.923. The van der Waals surface area contributed by atoms with Gasteiger partial charge in [-0.1, -0.05) is 13.3 Å². The average Bonchev–Trinajstić information content (AvgIpc) is 2.76. The Labute approximate surface area is 104 Å². The molecule has 1 heterocycles. The Kier molecular flexibility index (Phi) is 4.26. The van der Waals surface area contributed by atoms with Gasteiger partial charge in [-0.2, -0.15) is 0 Å². The maximum absolute atomic E-state index is 12.1. The predicted octanol–water partition coefficient (Wildman–Crippen LogP) is 1.56. The van der Waals surface area contributed by atoms with Crippen LogP contribution in [0.15, 0.2) is 0 Å². The molecule has 0 spiro atoms. The van der Waals surface area contributed by atoms with Gasteiger partial charge in [-0.15, -0.1) is 0 Å². The topological polar surface area (TPSA) is 58.4 Å². The van der Waals surface area contributed by atoms with E-state index in [0.29, 0.717) is 24.4 Å². The van der Waals surface area contributed by atoms with Crippen LogP contribution in [0.2, 0.25) is 0 Å². The standard InChI is InChI=1S/C13H25N3O/c1-10-4-3-7-16(9-10)13(17)15-12-6-2-5-11(12)8-14/h10-12H,2-9,14H2,1H3,(H,15,17). The molecular formula is C13H25N3O. The SMILES string of the molecule is CC1CCCN(C(=O)NC2CCCC2CN)C1. The van der Waals surface area contributed by atoms with E-state index in [1.165, 1.54) is 12.8 Å². The van der Waals surface area contributed by atoms with Crippen LogP contribution in [0, 0.1) is 11.8 Å². The van der Waals surface area contributed by atoms with Gasteiger partial charge in [0.15, 0.2) is 0 Å². The molecule has 98 valence electrons. The zero-order valence-corrected chi connectivity index (χ0v) is 10.8. The first-order chi connectivity index (χ1) is 8.20. The summed E-state index contributed by atoms with van der Waals surface area (Å²) in [6.45, 7) is 4.74. The van der Waals surface area contributed by atoms with Crippen molar-refractivity contribution in [1.29, 1.82) is 0 Å². The average molecular weight is 239 g/mol. The molecule has 2 rings (SSSR count). The van der Waals surface area contributed by atoms with Crippen LogP contribution in [-0.4, -0.2) is 36.6 Å². The molecule has 2 fully saturated rings. The largest absolute Gasteiger partial charge is 0.335 e. The zero-order valence-electron chi connectivity index (χ0n) is 10.8. The molecule has 0 bridgehead atoms. The quantitative estimate of drug-likeness (QED) is 0.768. The van der Waals surface area contributed by atoms with Gasteiger partial charge in [-0.3, -0.25) is 0 Å². The molecule has 3 atom stereocenters. The first-order valence-corrected chi connectivity index (χ1v) is 6.96. The second kappa shape index (κ2) is 5.71. The number of nitrogens with one attached hydrogen (secondary N) is 1. The maximum atomic E-state index is 12.1. The maximum Gasteiger partial charge on any atom is 0.317 e. The first-order valence-electron chi connectivity index (χ1n) is 6.96. The summed E-state index contributed by atoms with van der Waals surface area (Å²) in [5, 5.41) is 3.18. The van der Waals surface area contributed by atoms with Crippen LogP contribution in [0.3, 0.4) is 0 Å². The van der Waals surface area contributed by atoms with Crippen LogP contribution in [0.5, 0.6) is 0 Å². The molecule has 4 nitrogen and oxygen atoms in total. The van der Waals surface area contributed by atoms with Crippen molar-refractivity contribution in [2.24, 2.45) is 17.6 Å². The number of carbonyl (C=O) groups excluding carboxylic acids is 1. The fourth-order valence-electron chi connectivity index (χ4n) is 3.13. The molecule has 17 heavy (non-hydrogen) atoms. The van der Waals surface area contributed by atoms with Crippen molar-refractivity contribution in [3.05, 3.63) is 0 Å². The van der Waals surface area contributed by atoms with Crippen molar-refractivity contribution >= 4 is 6.03 Å². The van der Waals surface area contributed by atoms with Gasteiger partial charge >= 0.3 is 6.03 Å². The number of amides is 2. The molecule has 0 aromatic heterocycles. The molecule has 1 aliphatic heterocycles. The summed E-state index contributed by atoms with van der Waals surface area (Å²) in [5.41, 5.74) is 5.74. The Morgan fingerprint density at radius 1 is 1.35 bits per heavy atom. The van der Waals surface area contributed by atoms with Crippen molar-refractivity contribution in [3.63, 3.8) is 0 Å². The Morgan fingerprint density at radius 2 is 2.18 bits per heavy atom. The van der Waals surface area contributed by atoms with Gasteiger partial charge in [0, 0.05) is 19.1 Å². The molecule has 2 amide bonds. The Morgan fingerprint density at radius 3 is 2.88 bits per heavy atom. The van der Waals surface area contributed by atoms with Gasteiger partial charge in [0.1, 0.15) is 0 Å². The van der Waals surface area contributed by atoms with Gasteiger partial charge in [-0.05, 0) is 44.1 Å². The van der Waals surface area contributed by atoms with Crippen LogP contribution < -0.4 is 11.1 Å². The summed E-state index contributed by atoms with van der Waals surface area (Å²) in [5.74, 6) is 1.13. The van der Waals surface area contributed by atoms with Crippen LogP contribution in [-0.2, 0) is 0 Å². The van der Waals surface area contributed by atoms with Crippen molar-refractivity contribution < 1.29 is 4.79 Å². The van der Waals surface area contributed by atoms with E-state index in [1.54, 1.807) is 0 Å². The second-order valence-electron chi connectivity index (χ2n) is 5.68. The highest BCUT2D eigenvalue weighted by atomic mass is 16.2. The van der Waals surface area contributed by atoms with Gasteiger partial charge < -0.3 is 16.0 Å². The number of rotatable bonds is 2. The number of piperidine rings is 1. The summed E-state index contributed by atoms with van der Waals surface area (Å²) >= 11 is 0. The van der Waals surface area contributed by atoms with Gasteiger partial charge in [0.2, 0.25) is 0 Å². The van der Waals surface area contributed by atoms with Crippen molar-refractivity contribution in [2.75, 3.05) is 19.6 Å². The Bertz CT molecular complexity index is 269. The Balaban J connectivity index is 1.83. The third-order valence-corrected chi connectivity index (χ3v) is 4.21. The van der Waals surface area contributed by atoms with Crippen molar-refractivity contribution in [2.45, 2.75) is 45.1 Å². The van der Waals surface area contributed by atoms with Crippen LogP contribution >= 0.6 is 0 Å². The number of carbonyl (C=O) groups is 1. The van der Waals surface area contributed by atoms with E-state index < -0.39 is 0 Å². The minimum Gasteiger partial charge on any atom is -0.335 e. The molecule has 3 unspecified atom stereocenters. The highest BCUT2D eigenvalue weighted by molar-refractivity contribution is 5.74. The normalized spacial score (nSPS) is 33.8. The number of nitrogens with zero attached hydrogens (tertiary/aromatic N) is 1. The van der Waals surface area contributed by atoms with E-state index in [4.69, 9.17) is 5.73 Å². The van der Waals surface area contributed by atoms with Crippen molar-refractivity contribution in [1.82, 2.24) is 10.2 Å². The molecule has 0 aromatic carbocycles. The molecule has 0 aromatic rings.